The lowest BCUT2D eigenvalue weighted by atomic mass is 9.99. The lowest BCUT2D eigenvalue weighted by Gasteiger charge is -2.37. The van der Waals surface area contributed by atoms with Gasteiger partial charge in [0.05, 0.1) is 17.7 Å². The molecule has 0 aromatic heterocycles. The number of hydrogen-bond acceptors (Lipinski definition) is 5. The van der Waals surface area contributed by atoms with E-state index in [1.165, 1.54) is 0 Å². The summed E-state index contributed by atoms with van der Waals surface area (Å²) < 4.78 is 12.0. The Hall–Kier alpha value is -2.61. The molecule has 194 valence electrons. The fraction of sp³-hybridized carbons (Fsp3) is 0.667. The normalized spacial score (nSPS) is 24.3. The van der Waals surface area contributed by atoms with Crippen molar-refractivity contribution in [3.8, 4) is 5.75 Å². The van der Waals surface area contributed by atoms with Gasteiger partial charge in [-0.1, -0.05) is 26.7 Å². The van der Waals surface area contributed by atoms with Crippen molar-refractivity contribution >= 4 is 23.4 Å². The van der Waals surface area contributed by atoms with Crippen molar-refractivity contribution < 1.29 is 23.9 Å². The molecular weight excluding hydrogens is 446 g/mol. The first kappa shape index (κ1) is 27.0. The first-order valence-electron chi connectivity index (χ1n) is 12.9. The SMILES string of the molecule is CCCC(=O)Nc1ccc2c(c1)OC[C@@H](C)N(C(=O)C1CCCC1)C[C@@H](C)[C@H](OC)CN(C)C2=O. The van der Waals surface area contributed by atoms with Crippen LogP contribution in [-0.2, 0) is 14.3 Å². The zero-order chi connectivity index (χ0) is 25.5. The van der Waals surface area contributed by atoms with Crippen LogP contribution in [-0.4, -0.2) is 73.5 Å². The zero-order valence-electron chi connectivity index (χ0n) is 21.8. The average Bonchev–Trinajstić information content (AvgIpc) is 3.38. The molecule has 0 bridgehead atoms. The molecule has 1 heterocycles. The number of hydrogen-bond donors (Lipinski definition) is 1. The van der Waals surface area contributed by atoms with Crippen LogP contribution in [0, 0.1) is 11.8 Å². The van der Waals surface area contributed by atoms with Crippen molar-refractivity contribution in [1.29, 1.82) is 0 Å². The highest BCUT2D eigenvalue weighted by Gasteiger charge is 2.34. The van der Waals surface area contributed by atoms with E-state index in [2.05, 4.69) is 12.2 Å². The van der Waals surface area contributed by atoms with Crippen LogP contribution in [0.5, 0.6) is 5.75 Å². The quantitative estimate of drug-likeness (QED) is 0.680. The molecule has 35 heavy (non-hydrogen) atoms. The number of amides is 3. The second-order valence-electron chi connectivity index (χ2n) is 10.1. The summed E-state index contributed by atoms with van der Waals surface area (Å²) in [6.45, 7) is 7.20. The van der Waals surface area contributed by atoms with Gasteiger partial charge in [-0.05, 0) is 38.3 Å². The summed E-state index contributed by atoms with van der Waals surface area (Å²) in [5.41, 5.74) is 1.00. The second kappa shape index (κ2) is 12.4. The summed E-state index contributed by atoms with van der Waals surface area (Å²) in [6.07, 6.45) is 5.02. The van der Waals surface area contributed by atoms with Gasteiger partial charge in [-0.15, -0.1) is 0 Å². The third-order valence-electron chi connectivity index (χ3n) is 7.20. The van der Waals surface area contributed by atoms with E-state index in [-0.39, 0.29) is 48.3 Å². The molecule has 8 nitrogen and oxygen atoms in total. The van der Waals surface area contributed by atoms with Crippen molar-refractivity contribution in [2.24, 2.45) is 11.8 Å². The fourth-order valence-electron chi connectivity index (χ4n) is 5.01. The molecule has 1 aliphatic carbocycles. The lowest BCUT2D eigenvalue weighted by molar-refractivity contribution is -0.139. The number of rotatable bonds is 5. The van der Waals surface area contributed by atoms with Crippen LogP contribution in [0.3, 0.4) is 0 Å². The predicted molar refractivity (Wildman–Crippen MR) is 136 cm³/mol. The van der Waals surface area contributed by atoms with E-state index in [9.17, 15) is 14.4 Å². The van der Waals surface area contributed by atoms with E-state index >= 15 is 0 Å². The van der Waals surface area contributed by atoms with Crippen molar-refractivity contribution in [3.63, 3.8) is 0 Å². The van der Waals surface area contributed by atoms with Gasteiger partial charge in [0.25, 0.3) is 5.91 Å². The van der Waals surface area contributed by atoms with Gasteiger partial charge in [0.1, 0.15) is 12.4 Å². The van der Waals surface area contributed by atoms with Gasteiger partial charge in [-0.25, -0.2) is 0 Å². The molecule has 1 aromatic rings. The lowest BCUT2D eigenvalue weighted by Crippen LogP contribution is -2.50. The van der Waals surface area contributed by atoms with Crippen LogP contribution >= 0.6 is 0 Å². The largest absolute Gasteiger partial charge is 0.491 e. The number of fused-ring (bicyclic) bond motifs is 1. The van der Waals surface area contributed by atoms with E-state index in [4.69, 9.17) is 9.47 Å². The maximum atomic E-state index is 13.5. The van der Waals surface area contributed by atoms with Crippen LogP contribution in [0.4, 0.5) is 5.69 Å². The fourth-order valence-corrected chi connectivity index (χ4v) is 5.01. The van der Waals surface area contributed by atoms with Crippen LogP contribution in [0.2, 0.25) is 0 Å². The van der Waals surface area contributed by atoms with Crippen LogP contribution in [0.25, 0.3) is 0 Å². The number of anilines is 1. The first-order valence-corrected chi connectivity index (χ1v) is 12.9. The number of ether oxygens (including phenoxy) is 2. The van der Waals surface area contributed by atoms with E-state index in [1.54, 1.807) is 37.3 Å². The second-order valence-corrected chi connectivity index (χ2v) is 10.1. The molecule has 0 radical (unpaired) electrons. The minimum atomic E-state index is -0.216. The minimum Gasteiger partial charge on any atom is -0.491 e. The monoisotopic (exact) mass is 487 g/mol. The summed E-state index contributed by atoms with van der Waals surface area (Å²) >= 11 is 0. The molecule has 1 aliphatic heterocycles. The van der Waals surface area contributed by atoms with Crippen molar-refractivity contribution in [2.75, 3.05) is 39.2 Å². The summed E-state index contributed by atoms with van der Waals surface area (Å²) in [4.78, 5) is 42.5. The first-order chi connectivity index (χ1) is 16.7. The molecule has 1 N–H and O–H groups in total. The molecule has 1 fully saturated rings. The summed E-state index contributed by atoms with van der Waals surface area (Å²) in [5, 5.41) is 2.87. The summed E-state index contributed by atoms with van der Waals surface area (Å²) in [6, 6.07) is 4.94. The van der Waals surface area contributed by atoms with Crippen LogP contribution in [0.1, 0.15) is 69.7 Å². The van der Waals surface area contributed by atoms with Gasteiger partial charge >= 0.3 is 0 Å². The highest BCUT2D eigenvalue weighted by molar-refractivity contribution is 5.98. The van der Waals surface area contributed by atoms with Crippen LogP contribution in [0.15, 0.2) is 18.2 Å². The Morgan fingerprint density at radius 3 is 2.54 bits per heavy atom. The van der Waals surface area contributed by atoms with Gasteiger partial charge in [0.2, 0.25) is 11.8 Å². The number of likely N-dealkylation sites (N-methyl/N-ethyl adjacent to an activating group) is 1. The number of nitrogens with one attached hydrogen (secondary N) is 1. The molecule has 2 aliphatic rings. The highest BCUT2D eigenvalue weighted by atomic mass is 16.5. The zero-order valence-corrected chi connectivity index (χ0v) is 21.8. The van der Waals surface area contributed by atoms with Crippen molar-refractivity contribution in [3.05, 3.63) is 23.8 Å². The molecule has 0 unspecified atom stereocenters. The van der Waals surface area contributed by atoms with E-state index in [0.717, 1.165) is 32.1 Å². The summed E-state index contributed by atoms with van der Waals surface area (Å²) in [7, 11) is 3.40. The van der Waals surface area contributed by atoms with Gasteiger partial charge in [-0.2, -0.15) is 0 Å². The Bertz CT molecular complexity index is 899. The van der Waals surface area contributed by atoms with Gasteiger partial charge in [0, 0.05) is 57.3 Å². The summed E-state index contributed by atoms with van der Waals surface area (Å²) in [5.74, 6) is 0.436. The molecule has 0 saturated heterocycles. The Balaban J connectivity index is 1.93. The van der Waals surface area contributed by atoms with Crippen molar-refractivity contribution in [1.82, 2.24) is 9.80 Å². The molecule has 8 heteroatoms. The Labute approximate surface area is 209 Å². The maximum absolute atomic E-state index is 13.5. The molecule has 0 spiro atoms. The topological polar surface area (TPSA) is 88.2 Å². The molecule has 3 atom stereocenters. The predicted octanol–water partition coefficient (Wildman–Crippen LogP) is 3.95. The maximum Gasteiger partial charge on any atom is 0.257 e. The van der Waals surface area contributed by atoms with Crippen molar-refractivity contribution in [2.45, 2.75) is 71.4 Å². The Kier molecular flexibility index (Phi) is 9.55. The Morgan fingerprint density at radius 2 is 1.89 bits per heavy atom. The molecular formula is C27H41N3O5. The Morgan fingerprint density at radius 1 is 1.17 bits per heavy atom. The smallest absolute Gasteiger partial charge is 0.257 e. The third kappa shape index (κ3) is 6.75. The highest BCUT2D eigenvalue weighted by Crippen LogP contribution is 2.30. The van der Waals surface area contributed by atoms with Crippen LogP contribution < -0.4 is 10.1 Å². The van der Waals surface area contributed by atoms with E-state index in [0.29, 0.717) is 36.5 Å². The van der Waals surface area contributed by atoms with Gasteiger partial charge in [0.15, 0.2) is 0 Å². The van der Waals surface area contributed by atoms with E-state index < -0.39 is 0 Å². The number of nitrogens with zero attached hydrogens (tertiary/aromatic N) is 2. The van der Waals surface area contributed by atoms with Gasteiger partial charge < -0.3 is 24.6 Å². The number of carbonyl (C=O) groups is 3. The standard InChI is InChI=1S/C27H41N3O5/c1-6-9-25(31)28-21-12-13-22-23(14-21)35-17-19(3)30(26(32)20-10-7-8-11-20)15-18(2)24(34-5)16-29(4)27(22)33/h12-14,18-20,24H,6-11,15-17H2,1-5H3,(H,28,31)/t18-,19-,24-/m1/s1. The molecule has 3 rings (SSSR count). The number of benzene rings is 1. The molecule has 1 aromatic carbocycles. The minimum absolute atomic E-state index is 0.0399. The van der Waals surface area contributed by atoms with E-state index in [1.807, 2.05) is 18.7 Å². The number of methoxy groups -OCH3 is 1. The number of carbonyl (C=O) groups excluding carboxylic acids is 3. The van der Waals surface area contributed by atoms with Gasteiger partial charge in [-0.3, -0.25) is 14.4 Å². The average molecular weight is 488 g/mol. The molecule has 3 amide bonds. The third-order valence-corrected chi connectivity index (χ3v) is 7.20. The molecule has 1 saturated carbocycles.